The summed E-state index contributed by atoms with van der Waals surface area (Å²) in [5.41, 5.74) is 0.0437. The molecule has 4 aromatic rings. The lowest BCUT2D eigenvalue weighted by molar-refractivity contribution is -0.136. The molecule has 1 aliphatic rings. The molecule has 0 spiro atoms. The van der Waals surface area contributed by atoms with Crippen LogP contribution in [0.5, 0.6) is 0 Å². The van der Waals surface area contributed by atoms with Crippen LogP contribution in [-0.4, -0.2) is 38.2 Å². The van der Waals surface area contributed by atoms with E-state index in [2.05, 4.69) is 15.0 Å². The monoisotopic (exact) mass is 628 g/mol. The summed E-state index contributed by atoms with van der Waals surface area (Å²) in [5, 5.41) is 2.49. The number of halogens is 3. The van der Waals surface area contributed by atoms with E-state index >= 15 is 0 Å². The van der Waals surface area contributed by atoms with Gasteiger partial charge in [0, 0.05) is 53.4 Å². The van der Waals surface area contributed by atoms with E-state index in [9.17, 15) is 31.2 Å². The second kappa shape index (κ2) is 12.7. The van der Waals surface area contributed by atoms with Gasteiger partial charge in [0.15, 0.2) is 0 Å². The second-order valence-electron chi connectivity index (χ2n) is 10.6. The van der Waals surface area contributed by atoms with Crippen molar-refractivity contribution in [2.24, 2.45) is 0 Å². The number of hydrogen-bond donors (Lipinski definition) is 3. The van der Waals surface area contributed by atoms with Gasteiger partial charge in [-0.2, -0.15) is 13.2 Å². The number of hydrogen-bond acceptors (Lipinski definition) is 6. The number of carbonyl (C=O) groups excluding carboxylic acids is 1. The standard InChI is InChI=1S/C31H31F3N4O5S/c1-20-7-10-23(38(20)24-11-14-28-26(17-24)27(31(32,33)34)18-29(39)37-28)15-16-43-30(40)36-22-8-12-25(13-9-22)44(41,42)35-19-21-5-3-2-4-6-21/h2-6,8-9,11-14,17-18,20,23,35H,7,10,15-16,19H2,1H3,(H,36,40)(H,37,39)/t20-,23-/m1/s1. The third-order valence-electron chi connectivity index (χ3n) is 7.62. The zero-order valence-electron chi connectivity index (χ0n) is 23.7. The quantitative estimate of drug-likeness (QED) is 0.209. The maximum Gasteiger partial charge on any atom is 0.417 e. The third-order valence-corrected chi connectivity index (χ3v) is 9.04. The fourth-order valence-electron chi connectivity index (χ4n) is 5.47. The fraction of sp³-hybridized carbons (Fsp3) is 0.290. The molecular weight excluding hydrogens is 597 g/mol. The van der Waals surface area contributed by atoms with Gasteiger partial charge in [-0.3, -0.25) is 10.1 Å². The van der Waals surface area contributed by atoms with E-state index in [1.165, 1.54) is 36.4 Å². The number of rotatable bonds is 9. The number of benzene rings is 3. The first-order chi connectivity index (χ1) is 20.9. The Morgan fingerprint density at radius 2 is 1.75 bits per heavy atom. The molecule has 1 aliphatic heterocycles. The summed E-state index contributed by atoms with van der Waals surface area (Å²) in [6.45, 7) is 2.18. The molecule has 3 N–H and O–H groups in total. The van der Waals surface area contributed by atoms with Crippen LogP contribution in [0.25, 0.3) is 10.9 Å². The third kappa shape index (κ3) is 7.22. The first-order valence-corrected chi connectivity index (χ1v) is 15.5. The molecule has 44 heavy (non-hydrogen) atoms. The van der Waals surface area contributed by atoms with Gasteiger partial charge >= 0.3 is 12.3 Å². The Balaban J connectivity index is 1.17. The number of fused-ring (bicyclic) bond motifs is 1. The largest absolute Gasteiger partial charge is 0.449 e. The van der Waals surface area contributed by atoms with Crippen molar-refractivity contribution in [2.75, 3.05) is 16.8 Å². The lowest BCUT2D eigenvalue weighted by Crippen LogP contribution is -2.35. The van der Waals surface area contributed by atoms with Crippen molar-refractivity contribution < 1.29 is 31.1 Å². The number of carbonyl (C=O) groups is 1. The number of sulfonamides is 1. The Kier molecular flexibility index (Phi) is 8.97. The van der Waals surface area contributed by atoms with Crippen LogP contribution in [0.3, 0.4) is 0 Å². The van der Waals surface area contributed by atoms with Crippen LogP contribution >= 0.6 is 0 Å². The van der Waals surface area contributed by atoms with Crippen LogP contribution < -0.4 is 20.5 Å². The van der Waals surface area contributed by atoms with Gasteiger partial charge in [0.1, 0.15) is 0 Å². The molecule has 0 radical (unpaired) electrons. The highest BCUT2D eigenvalue weighted by molar-refractivity contribution is 7.89. The molecule has 1 fully saturated rings. The van der Waals surface area contributed by atoms with Crippen LogP contribution in [0.15, 0.2) is 88.6 Å². The zero-order chi connectivity index (χ0) is 31.5. The van der Waals surface area contributed by atoms with Crippen molar-refractivity contribution >= 4 is 38.4 Å². The molecule has 0 saturated carbocycles. The Morgan fingerprint density at radius 3 is 2.45 bits per heavy atom. The highest BCUT2D eigenvalue weighted by atomic mass is 32.2. The molecule has 1 aromatic heterocycles. The van der Waals surface area contributed by atoms with Gasteiger partial charge in [-0.05, 0) is 67.8 Å². The van der Waals surface area contributed by atoms with Gasteiger partial charge in [0.2, 0.25) is 15.6 Å². The Labute approximate surface area is 252 Å². The molecule has 2 atom stereocenters. The predicted octanol–water partition coefficient (Wildman–Crippen LogP) is 6.02. The van der Waals surface area contributed by atoms with Gasteiger partial charge in [0.05, 0.1) is 17.1 Å². The Bertz CT molecular complexity index is 1800. The van der Waals surface area contributed by atoms with E-state index in [0.29, 0.717) is 23.9 Å². The van der Waals surface area contributed by atoms with Crippen LogP contribution in [0.4, 0.5) is 29.3 Å². The molecule has 2 heterocycles. The highest BCUT2D eigenvalue weighted by Crippen LogP contribution is 2.37. The summed E-state index contributed by atoms with van der Waals surface area (Å²) in [6.07, 6.45) is -3.39. The number of ether oxygens (including phenoxy) is 1. The number of alkyl halides is 3. The van der Waals surface area contributed by atoms with E-state index in [-0.39, 0.29) is 41.0 Å². The molecule has 232 valence electrons. The number of anilines is 2. The van der Waals surface area contributed by atoms with Crippen molar-refractivity contribution in [1.82, 2.24) is 9.71 Å². The summed E-state index contributed by atoms with van der Waals surface area (Å²) < 4.78 is 74.1. The van der Waals surface area contributed by atoms with Crippen molar-refractivity contribution in [3.05, 3.63) is 100 Å². The smallest absolute Gasteiger partial charge is 0.417 e. The molecule has 5 rings (SSSR count). The summed E-state index contributed by atoms with van der Waals surface area (Å²) in [4.78, 5) is 28.7. The first kappa shape index (κ1) is 31.1. The second-order valence-corrected chi connectivity index (χ2v) is 12.4. The fourth-order valence-corrected chi connectivity index (χ4v) is 6.49. The number of aromatic nitrogens is 1. The molecule has 0 aliphatic carbocycles. The minimum atomic E-state index is -4.68. The summed E-state index contributed by atoms with van der Waals surface area (Å²) in [6, 6.07) is 19.9. The molecule has 0 bridgehead atoms. The van der Waals surface area contributed by atoms with Crippen LogP contribution in [0.2, 0.25) is 0 Å². The summed E-state index contributed by atoms with van der Waals surface area (Å²) >= 11 is 0. The van der Waals surface area contributed by atoms with Crippen molar-refractivity contribution in [3.63, 3.8) is 0 Å². The van der Waals surface area contributed by atoms with E-state index in [4.69, 9.17) is 4.74 Å². The SMILES string of the molecule is C[C@@H]1CC[C@H](CCOC(=O)Nc2ccc(S(=O)(=O)NCc3ccccc3)cc2)N1c1ccc2[nH]c(=O)cc(C(F)(F)F)c2c1. The van der Waals surface area contributed by atoms with Crippen LogP contribution in [-0.2, 0) is 27.5 Å². The van der Waals surface area contributed by atoms with Crippen LogP contribution in [0, 0.1) is 0 Å². The number of H-pyrrole nitrogens is 1. The molecule has 9 nitrogen and oxygen atoms in total. The van der Waals surface area contributed by atoms with Gasteiger partial charge in [0.25, 0.3) is 0 Å². The Morgan fingerprint density at radius 1 is 1.02 bits per heavy atom. The zero-order valence-corrected chi connectivity index (χ0v) is 24.5. The minimum absolute atomic E-state index is 0.0420. The molecule has 1 saturated heterocycles. The lowest BCUT2D eigenvalue weighted by atomic mass is 10.1. The van der Waals surface area contributed by atoms with Gasteiger partial charge in [-0.25, -0.2) is 17.9 Å². The predicted molar refractivity (Wildman–Crippen MR) is 161 cm³/mol. The van der Waals surface area contributed by atoms with E-state index in [1.807, 2.05) is 42.2 Å². The average molecular weight is 629 g/mol. The first-order valence-electron chi connectivity index (χ1n) is 14.0. The Hall–Kier alpha value is -4.36. The highest BCUT2D eigenvalue weighted by Gasteiger charge is 2.35. The maximum absolute atomic E-state index is 13.7. The van der Waals surface area contributed by atoms with Gasteiger partial charge in [-0.15, -0.1) is 0 Å². The molecule has 0 unspecified atom stereocenters. The normalized spacial score (nSPS) is 17.1. The molecule has 1 amide bonds. The van der Waals surface area contributed by atoms with E-state index in [0.717, 1.165) is 18.4 Å². The summed E-state index contributed by atoms with van der Waals surface area (Å²) in [7, 11) is -3.75. The molecule has 13 heteroatoms. The number of pyridine rings is 1. The van der Waals surface area contributed by atoms with Crippen molar-refractivity contribution in [2.45, 2.75) is 55.9 Å². The van der Waals surface area contributed by atoms with Gasteiger partial charge in [-0.1, -0.05) is 30.3 Å². The van der Waals surface area contributed by atoms with Gasteiger partial charge < -0.3 is 14.6 Å². The number of nitrogens with one attached hydrogen (secondary N) is 3. The number of aromatic amines is 1. The maximum atomic E-state index is 13.7. The molecular formula is C31H31F3N4O5S. The minimum Gasteiger partial charge on any atom is -0.449 e. The molecule has 3 aromatic carbocycles. The van der Waals surface area contributed by atoms with E-state index < -0.39 is 33.4 Å². The van der Waals surface area contributed by atoms with E-state index in [1.54, 1.807) is 6.07 Å². The van der Waals surface area contributed by atoms with Crippen LogP contribution in [0.1, 0.15) is 37.3 Å². The number of amides is 1. The lowest BCUT2D eigenvalue weighted by Gasteiger charge is -2.31. The average Bonchev–Trinajstić information content (AvgIpc) is 3.35. The topological polar surface area (TPSA) is 121 Å². The van der Waals surface area contributed by atoms with Crippen molar-refractivity contribution in [3.8, 4) is 0 Å². The van der Waals surface area contributed by atoms with Crippen molar-refractivity contribution in [1.29, 1.82) is 0 Å². The number of nitrogens with zero attached hydrogens (tertiary/aromatic N) is 1. The summed E-state index contributed by atoms with van der Waals surface area (Å²) in [5.74, 6) is 0.